The lowest BCUT2D eigenvalue weighted by molar-refractivity contribution is 0.356. The monoisotopic (exact) mass is 285 g/mol. The lowest BCUT2D eigenvalue weighted by atomic mass is 10.1. The molecule has 0 amide bonds. The van der Waals surface area contributed by atoms with E-state index in [1.165, 1.54) is 0 Å². The Morgan fingerprint density at radius 3 is 2.67 bits per heavy atom. The fraction of sp³-hybridized carbons (Fsp3) is 0.312. The number of aromatic nitrogens is 2. The van der Waals surface area contributed by atoms with Gasteiger partial charge in [-0.2, -0.15) is 0 Å². The first-order chi connectivity index (χ1) is 10.2. The zero-order chi connectivity index (χ0) is 15.4. The van der Waals surface area contributed by atoms with Gasteiger partial charge in [-0.3, -0.25) is 0 Å². The average Bonchev–Trinajstić information content (AvgIpc) is 2.83. The molecule has 0 aliphatic heterocycles. The maximum Gasteiger partial charge on any atom is 0.170 e. The second-order valence-corrected chi connectivity index (χ2v) is 4.45. The second kappa shape index (κ2) is 6.23. The number of imidazole rings is 1. The quantitative estimate of drug-likeness (QED) is 0.857. The number of hydrogen-bond acceptors (Lipinski definition) is 4. The van der Waals surface area contributed by atoms with Gasteiger partial charge in [0, 0.05) is 12.0 Å². The lowest BCUT2D eigenvalue weighted by Crippen LogP contribution is -2.05. The zero-order valence-corrected chi connectivity index (χ0v) is 12.5. The van der Waals surface area contributed by atoms with Gasteiger partial charge in [0.05, 0.1) is 20.8 Å². The van der Waals surface area contributed by atoms with Crippen molar-refractivity contribution in [3.8, 4) is 35.1 Å². The minimum absolute atomic E-state index is 0.397. The number of anilines is 1. The van der Waals surface area contributed by atoms with Crippen LogP contribution in [0.1, 0.15) is 12.7 Å². The van der Waals surface area contributed by atoms with Gasteiger partial charge in [-0.15, -0.1) is 6.42 Å². The zero-order valence-electron chi connectivity index (χ0n) is 12.5. The van der Waals surface area contributed by atoms with E-state index >= 15 is 0 Å². The summed E-state index contributed by atoms with van der Waals surface area (Å²) in [6, 6.07) is 5.61. The number of nitrogens with zero attached hydrogens (tertiary/aromatic N) is 2. The number of rotatable bonds is 5. The molecule has 2 N–H and O–H groups in total. The summed E-state index contributed by atoms with van der Waals surface area (Å²) in [5.74, 6) is 5.24. The van der Waals surface area contributed by atoms with Crippen LogP contribution in [-0.2, 0) is 13.0 Å². The number of benzene rings is 1. The van der Waals surface area contributed by atoms with Gasteiger partial charge in [0.2, 0.25) is 0 Å². The fourth-order valence-electron chi connectivity index (χ4n) is 2.32. The van der Waals surface area contributed by atoms with E-state index < -0.39 is 0 Å². The number of para-hydroxylation sites is 1. The average molecular weight is 285 g/mol. The highest BCUT2D eigenvalue weighted by Crippen LogP contribution is 2.39. The molecule has 2 aromatic rings. The summed E-state index contributed by atoms with van der Waals surface area (Å²) in [6.45, 7) is 2.41. The van der Waals surface area contributed by atoms with Crippen molar-refractivity contribution < 1.29 is 9.47 Å². The Bertz CT molecular complexity index is 684. The maximum atomic E-state index is 6.22. The summed E-state index contributed by atoms with van der Waals surface area (Å²) in [5, 5.41) is 0. The Hall–Kier alpha value is -2.61. The number of methoxy groups -OCH3 is 2. The van der Waals surface area contributed by atoms with Crippen LogP contribution in [-0.4, -0.2) is 23.8 Å². The molecule has 0 fully saturated rings. The summed E-state index contributed by atoms with van der Waals surface area (Å²) in [6.07, 6.45) is 6.15. The minimum atomic E-state index is 0.397. The number of ether oxygens (including phenoxy) is 2. The third-order valence-electron chi connectivity index (χ3n) is 3.31. The molecule has 0 spiro atoms. The number of aryl methyl sites for hydroxylation is 1. The molecule has 0 aliphatic rings. The van der Waals surface area contributed by atoms with E-state index in [1.54, 1.807) is 14.2 Å². The van der Waals surface area contributed by atoms with Crippen molar-refractivity contribution in [3.63, 3.8) is 0 Å². The van der Waals surface area contributed by atoms with Gasteiger partial charge in [-0.05, 0) is 12.1 Å². The van der Waals surface area contributed by atoms with E-state index in [-0.39, 0.29) is 0 Å². The van der Waals surface area contributed by atoms with Gasteiger partial charge in [0.25, 0.3) is 0 Å². The summed E-state index contributed by atoms with van der Waals surface area (Å²) >= 11 is 0. The van der Waals surface area contributed by atoms with Crippen LogP contribution in [0.4, 0.5) is 5.82 Å². The van der Waals surface area contributed by atoms with Crippen LogP contribution in [0, 0.1) is 12.3 Å². The first-order valence-electron chi connectivity index (χ1n) is 6.67. The van der Waals surface area contributed by atoms with Gasteiger partial charge in [-0.1, -0.05) is 18.9 Å². The highest BCUT2D eigenvalue weighted by molar-refractivity contribution is 5.78. The molecule has 0 unspecified atom stereocenters. The van der Waals surface area contributed by atoms with Crippen molar-refractivity contribution in [2.75, 3.05) is 20.0 Å². The van der Waals surface area contributed by atoms with Crippen LogP contribution in [0.25, 0.3) is 11.3 Å². The third kappa shape index (κ3) is 2.52. The van der Waals surface area contributed by atoms with Crippen LogP contribution < -0.4 is 15.2 Å². The third-order valence-corrected chi connectivity index (χ3v) is 3.31. The predicted octanol–water partition coefficient (Wildman–Crippen LogP) is 2.35. The predicted molar refractivity (Wildman–Crippen MR) is 83.4 cm³/mol. The Balaban J connectivity index is 2.65. The van der Waals surface area contributed by atoms with Crippen LogP contribution in [0.2, 0.25) is 0 Å². The standard InChI is InChI=1S/C16H19N3O2/c1-5-10-19-13(6-2)18-14(16(19)17)11-8-7-9-12(20-3)15(11)21-4/h1,7-9H,6,10,17H2,2-4H3. The number of terminal acetylenes is 1. The molecule has 5 heteroatoms. The van der Waals surface area contributed by atoms with E-state index in [0.29, 0.717) is 29.6 Å². The molecule has 1 heterocycles. The number of nitrogens with two attached hydrogens (primary N) is 1. The second-order valence-electron chi connectivity index (χ2n) is 4.45. The first-order valence-corrected chi connectivity index (χ1v) is 6.67. The molecule has 5 nitrogen and oxygen atoms in total. The topological polar surface area (TPSA) is 62.3 Å². The molecular formula is C16H19N3O2. The molecule has 0 saturated carbocycles. The minimum Gasteiger partial charge on any atom is -0.493 e. The summed E-state index contributed by atoms with van der Waals surface area (Å²) in [5.41, 5.74) is 7.68. The Labute approximate surface area is 124 Å². The van der Waals surface area contributed by atoms with E-state index in [4.69, 9.17) is 21.6 Å². The first kappa shape index (κ1) is 14.8. The fourth-order valence-corrected chi connectivity index (χ4v) is 2.32. The normalized spacial score (nSPS) is 10.2. The van der Waals surface area contributed by atoms with Crippen molar-refractivity contribution in [1.29, 1.82) is 0 Å². The Morgan fingerprint density at radius 1 is 1.33 bits per heavy atom. The van der Waals surface area contributed by atoms with Crippen LogP contribution in [0.3, 0.4) is 0 Å². The van der Waals surface area contributed by atoms with Crippen LogP contribution in [0.5, 0.6) is 11.5 Å². The molecule has 1 aromatic carbocycles. The molecule has 0 bridgehead atoms. The van der Waals surface area contributed by atoms with Crippen molar-refractivity contribution in [3.05, 3.63) is 24.0 Å². The van der Waals surface area contributed by atoms with Crippen molar-refractivity contribution in [1.82, 2.24) is 9.55 Å². The van der Waals surface area contributed by atoms with Gasteiger partial charge < -0.3 is 19.8 Å². The van der Waals surface area contributed by atoms with Crippen molar-refractivity contribution in [2.45, 2.75) is 19.9 Å². The van der Waals surface area contributed by atoms with Crippen LogP contribution in [0.15, 0.2) is 18.2 Å². The Morgan fingerprint density at radius 2 is 2.10 bits per heavy atom. The van der Waals surface area contributed by atoms with Crippen LogP contribution >= 0.6 is 0 Å². The van der Waals surface area contributed by atoms with Crippen molar-refractivity contribution >= 4 is 5.82 Å². The molecule has 1 aromatic heterocycles. The highest BCUT2D eigenvalue weighted by atomic mass is 16.5. The van der Waals surface area contributed by atoms with E-state index in [2.05, 4.69) is 10.9 Å². The van der Waals surface area contributed by atoms with E-state index in [9.17, 15) is 0 Å². The summed E-state index contributed by atoms with van der Waals surface area (Å²) in [4.78, 5) is 4.61. The maximum absolute atomic E-state index is 6.22. The smallest absolute Gasteiger partial charge is 0.170 e. The number of hydrogen-bond donors (Lipinski definition) is 1. The van der Waals surface area contributed by atoms with Crippen molar-refractivity contribution in [2.24, 2.45) is 0 Å². The lowest BCUT2D eigenvalue weighted by Gasteiger charge is -2.11. The summed E-state index contributed by atoms with van der Waals surface area (Å²) < 4.78 is 12.6. The molecule has 0 aliphatic carbocycles. The molecule has 110 valence electrons. The summed E-state index contributed by atoms with van der Waals surface area (Å²) in [7, 11) is 3.19. The van der Waals surface area contributed by atoms with Gasteiger partial charge >= 0.3 is 0 Å². The van der Waals surface area contributed by atoms with E-state index in [1.807, 2.05) is 29.7 Å². The van der Waals surface area contributed by atoms with Gasteiger partial charge in [0.1, 0.15) is 17.3 Å². The SMILES string of the molecule is C#CCn1c(CC)nc(-c2cccc(OC)c2OC)c1N. The molecule has 2 rings (SSSR count). The number of nitrogen functional groups attached to an aromatic ring is 1. The Kier molecular flexibility index (Phi) is 4.39. The molecule has 0 atom stereocenters. The van der Waals surface area contributed by atoms with Gasteiger partial charge in [-0.25, -0.2) is 4.98 Å². The molecule has 21 heavy (non-hydrogen) atoms. The largest absolute Gasteiger partial charge is 0.493 e. The molecule has 0 radical (unpaired) electrons. The molecular weight excluding hydrogens is 266 g/mol. The molecule has 0 saturated heterocycles. The highest BCUT2D eigenvalue weighted by Gasteiger charge is 2.19. The van der Waals surface area contributed by atoms with Gasteiger partial charge in [0.15, 0.2) is 11.5 Å². The van der Waals surface area contributed by atoms with E-state index in [0.717, 1.165) is 17.8 Å².